The van der Waals surface area contributed by atoms with E-state index in [9.17, 15) is 4.79 Å². The molecule has 0 spiro atoms. The number of aldehydes is 1. The lowest BCUT2D eigenvalue weighted by Crippen LogP contribution is -1.88. The molecule has 4 nitrogen and oxygen atoms in total. The summed E-state index contributed by atoms with van der Waals surface area (Å²) in [5.74, 6) is 0.534. The molecule has 0 aliphatic heterocycles. The van der Waals surface area contributed by atoms with Gasteiger partial charge in [-0.15, -0.1) is 0 Å². The van der Waals surface area contributed by atoms with Gasteiger partial charge in [0, 0.05) is 24.2 Å². The van der Waals surface area contributed by atoms with Crippen LogP contribution in [0.15, 0.2) is 48.9 Å². The SMILES string of the molecule is O=Cc1cn2cc(-c3ccccc3)cnc2n1. The van der Waals surface area contributed by atoms with E-state index in [0.717, 1.165) is 17.4 Å². The standard InChI is InChI=1S/C13H9N3O/c17-9-12-8-16-7-11(6-14-13(16)15-12)10-4-2-1-3-5-10/h1-9H. The van der Waals surface area contributed by atoms with Crippen LogP contribution in [0, 0.1) is 0 Å². The van der Waals surface area contributed by atoms with Crippen LogP contribution in [0.5, 0.6) is 0 Å². The van der Waals surface area contributed by atoms with Crippen LogP contribution < -0.4 is 0 Å². The molecule has 82 valence electrons. The fourth-order valence-corrected chi connectivity index (χ4v) is 1.74. The van der Waals surface area contributed by atoms with Crippen LogP contribution in [0.25, 0.3) is 16.9 Å². The van der Waals surface area contributed by atoms with Crippen LogP contribution in [0.4, 0.5) is 0 Å². The molecule has 0 fully saturated rings. The van der Waals surface area contributed by atoms with Crippen molar-refractivity contribution >= 4 is 12.1 Å². The maximum absolute atomic E-state index is 10.6. The Morgan fingerprint density at radius 2 is 1.88 bits per heavy atom. The van der Waals surface area contributed by atoms with Gasteiger partial charge in [0.25, 0.3) is 0 Å². The lowest BCUT2D eigenvalue weighted by Gasteiger charge is -2.00. The first-order valence-corrected chi connectivity index (χ1v) is 5.22. The van der Waals surface area contributed by atoms with E-state index in [0.29, 0.717) is 11.5 Å². The highest BCUT2D eigenvalue weighted by Gasteiger charge is 2.03. The molecule has 2 heterocycles. The monoisotopic (exact) mass is 223 g/mol. The molecular formula is C13H9N3O. The van der Waals surface area contributed by atoms with Gasteiger partial charge in [-0.1, -0.05) is 30.3 Å². The molecular weight excluding hydrogens is 214 g/mol. The van der Waals surface area contributed by atoms with E-state index in [1.54, 1.807) is 16.8 Å². The molecule has 0 saturated heterocycles. The molecule has 0 amide bonds. The topological polar surface area (TPSA) is 47.3 Å². The summed E-state index contributed by atoms with van der Waals surface area (Å²) in [6, 6.07) is 9.95. The number of aromatic nitrogens is 3. The smallest absolute Gasteiger partial charge is 0.234 e. The maximum atomic E-state index is 10.6. The lowest BCUT2D eigenvalue weighted by atomic mass is 10.1. The molecule has 0 saturated carbocycles. The lowest BCUT2D eigenvalue weighted by molar-refractivity contribution is 0.111. The van der Waals surface area contributed by atoms with Crippen LogP contribution in [0.2, 0.25) is 0 Å². The third kappa shape index (κ3) is 1.69. The zero-order valence-electron chi connectivity index (χ0n) is 8.95. The summed E-state index contributed by atoms with van der Waals surface area (Å²) in [5.41, 5.74) is 2.47. The van der Waals surface area contributed by atoms with Crippen LogP contribution >= 0.6 is 0 Å². The number of hydrogen-bond donors (Lipinski definition) is 0. The van der Waals surface area contributed by atoms with Gasteiger partial charge in [-0.2, -0.15) is 0 Å². The highest BCUT2D eigenvalue weighted by atomic mass is 16.1. The average molecular weight is 223 g/mol. The second-order valence-electron chi connectivity index (χ2n) is 3.70. The molecule has 0 aliphatic rings. The first-order valence-electron chi connectivity index (χ1n) is 5.22. The Hall–Kier alpha value is -2.49. The zero-order valence-corrected chi connectivity index (χ0v) is 8.95. The summed E-state index contributed by atoms with van der Waals surface area (Å²) in [4.78, 5) is 18.9. The Balaban J connectivity index is 2.16. The molecule has 2 aromatic heterocycles. The molecule has 17 heavy (non-hydrogen) atoms. The molecule has 0 aliphatic carbocycles. The van der Waals surface area contributed by atoms with Crippen LogP contribution in [-0.2, 0) is 0 Å². The van der Waals surface area contributed by atoms with Crippen molar-refractivity contribution in [3.63, 3.8) is 0 Å². The first-order chi connectivity index (χ1) is 8.36. The van der Waals surface area contributed by atoms with Gasteiger partial charge >= 0.3 is 0 Å². The van der Waals surface area contributed by atoms with Crippen molar-refractivity contribution in [2.45, 2.75) is 0 Å². The van der Waals surface area contributed by atoms with E-state index in [4.69, 9.17) is 0 Å². The molecule has 0 atom stereocenters. The predicted octanol–water partition coefficient (Wildman–Crippen LogP) is 2.21. The van der Waals surface area contributed by atoms with Crippen LogP contribution in [0.3, 0.4) is 0 Å². The Morgan fingerprint density at radius 3 is 2.65 bits per heavy atom. The van der Waals surface area contributed by atoms with Gasteiger partial charge in [-0.05, 0) is 5.56 Å². The highest BCUT2D eigenvalue weighted by Crippen LogP contribution is 2.17. The van der Waals surface area contributed by atoms with Crippen LogP contribution in [-0.4, -0.2) is 20.7 Å². The van der Waals surface area contributed by atoms with Crippen molar-refractivity contribution in [1.29, 1.82) is 0 Å². The second-order valence-corrected chi connectivity index (χ2v) is 3.70. The molecule has 0 radical (unpaired) electrons. The quantitative estimate of drug-likeness (QED) is 0.626. The van der Waals surface area contributed by atoms with Crippen molar-refractivity contribution in [3.05, 3.63) is 54.6 Å². The number of nitrogens with zero attached hydrogens (tertiary/aromatic N) is 3. The number of carbonyl (C=O) groups excluding carboxylic acids is 1. The van der Waals surface area contributed by atoms with Gasteiger partial charge in [0.05, 0.1) is 0 Å². The van der Waals surface area contributed by atoms with Gasteiger partial charge in [0.15, 0.2) is 6.29 Å². The van der Waals surface area contributed by atoms with E-state index in [1.165, 1.54) is 0 Å². The summed E-state index contributed by atoms with van der Waals surface area (Å²) in [6.07, 6.45) is 6.06. The third-order valence-corrected chi connectivity index (χ3v) is 2.56. The van der Waals surface area contributed by atoms with Crippen molar-refractivity contribution in [1.82, 2.24) is 14.4 Å². The predicted molar refractivity (Wildman–Crippen MR) is 63.8 cm³/mol. The first kappa shape index (κ1) is 9.72. The molecule has 4 heteroatoms. The zero-order chi connectivity index (χ0) is 11.7. The number of rotatable bonds is 2. The fourth-order valence-electron chi connectivity index (χ4n) is 1.74. The number of hydrogen-bond acceptors (Lipinski definition) is 3. The van der Waals surface area contributed by atoms with E-state index >= 15 is 0 Å². The Bertz CT molecular complexity index is 673. The Labute approximate surface area is 97.6 Å². The Kier molecular flexibility index (Phi) is 2.19. The van der Waals surface area contributed by atoms with E-state index in [2.05, 4.69) is 9.97 Å². The largest absolute Gasteiger partial charge is 0.296 e. The van der Waals surface area contributed by atoms with Crippen molar-refractivity contribution in [2.75, 3.05) is 0 Å². The van der Waals surface area contributed by atoms with E-state index in [1.807, 2.05) is 36.5 Å². The van der Waals surface area contributed by atoms with Gasteiger partial charge in [0.2, 0.25) is 5.78 Å². The van der Waals surface area contributed by atoms with Gasteiger partial charge in [-0.25, -0.2) is 9.97 Å². The van der Waals surface area contributed by atoms with Gasteiger partial charge < -0.3 is 0 Å². The van der Waals surface area contributed by atoms with Crippen molar-refractivity contribution in [2.24, 2.45) is 0 Å². The summed E-state index contributed by atoms with van der Waals surface area (Å²) in [6.45, 7) is 0. The number of fused-ring (bicyclic) bond motifs is 1. The number of benzene rings is 1. The van der Waals surface area contributed by atoms with Gasteiger partial charge in [-0.3, -0.25) is 9.20 Å². The summed E-state index contributed by atoms with van der Waals surface area (Å²) in [5, 5.41) is 0. The molecule has 0 N–H and O–H groups in total. The second kappa shape index (κ2) is 3.83. The molecule has 3 rings (SSSR count). The van der Waals surface area contributed by atoms with Gasteiger partial charge in [0.1, 0.15) is 5.69 Å². The molecule has 0 unspecified atom stereocenters. The van der Waals surface area contributed by atoms with Crippen LogP contribution in [0.1, 0.15) is 10.5 Å². The minimum atomic E-state index is 0.391. The normalized spacial score (nSPS) is 10.6. The summed E-state index contributed by atoms with van der Waals surface area (Å²) >= 11 is 0. The fraction of sp³-hybridized carbons (Fsp3) is 0. The molecule has 3 aromatic rings. The summed E-state index contributed by atoms with van der Waals surface area (Å²) in [7, 11) is 0. The highest BCUT2D eigenvalue weighted by molar-refractivity contribution is 5.73. The van der Waals surface area contributed by atoms with Crippen molar-refractivity contribution in [3.8, 4) is 11.1 Å². The number of carbonyl (C=O) groups is 1. The van der Waals surface area contributed by atoms with Crippen molar-refractivity contribution < 1.29 is 4.79 Å². The minimum absolute atomic E-state index is 0.391. The summed E-state index contributed by atoms with van der Waals surface area (Å²) < 4.78 is 1.76. The maximum Gasteiger partial charge on any atom is 0.234 e. The third-order valence-electron chi connectivity index (χ3n) is 2.56. The minimum Gasteiger partial charge on any atom is -0.296 e. The average Bonchev–Trinajstić information content (AvgIpc) is 2.81. The van der Waals surface area contributed by atoms with E-state index in [-0.39, 0.29) is 0 Å². The Morgan fingerprint density at radius 1 is 1.06 bits per heavy atom. The molecule has 0 bridgehead atoms. The number of imidazole rings is 1. The van der Waals surface area contributed by atoms with E-state index < -0.39 is 0 Å². The molecule has 1 aromatic carbocycles.